The first-order chi connectivity index (χ1) is 11.1. The third kappa shape index (κ3) is 4.81. The number of carbonyl (C=O) groups excluding carboxylic acids is 1. The summed E-state index contributed by atoms with van der Waals surface area (Å²) in [5.74, 6) is 1.44. The van der Waals surface area contributed by atoms with Gasteiger partial charge in [0.2, 0.25) is 0 Å². The van der Waals surface area contributed by atoms with E-state index in [0.29, 0.717) is 30.2 Å². The number of amides is 2. The zero-order valence-electron chi connectivity index (χ0n) is 13.1. The largest absolute Gasteiger partial charge is 0.508 e. The Bertz CT molecular complexity index is 673. The highest BCUT2D eigenvalue weighted by Gasteiger charge is 2.06. The van der Waals surface area contributed by atoms with Crippen molar-refractivity contribution in [2.45, 2.75) is 6.42 Å². The molecule has 2 rings (SSSR count). The van der Waals surface area contributed by atoms with E-state index in [1.807, 2.05) is 18.2 Å². The van der Waals surface area contributed by atoms with Crippen molar-refractivity contribution in [1.82, 2.24) is 5.32 Å². The van der Waals surface area contributed by atoms with Gasteiger partial charge in [0.15, 0.2) is 11.5 Å². The van der Waals surface area contributed by atoms with Gasteiger partial charge in [-0.15, -0.1) is 0 Å². The monoisotopic (exact) mass is 316 g/mol. The zero-order chi connectivity index (χ0) is 16.7. The second kappa shape index (κ2) is 7.93. The summed E-state index contributed by atoms with van der Waals surface area (Å²) in [5.41, 5.74) is 1.56. The fourth-order valence-electron chi connectivity index (χ4n) is 2.12. The van der Waals surface area contributed by atoms with E-state index >= 15 is 0 Å². The number of anilines is 1. The Morgan fingerprint density at radius 2 is 1.87 bits per heavy atom. The molecule has 0 aliphatic heterocycles. The van der Waals surface area contributed by atoms with Crippen molar-refractivity contribution in [3.05, 3.63) is 48.0 Å². The van der Waals surface area contributed by atoms with Crippen LogP contribution in [0.4, 0.5) is 10.5 Å². The molecule has 2 aromatic carbocycles. The van der Waals surface area contributed by atoms with Crippen LogP contribution in [0.5, 0.6) is 17.2 Å². The number of ether oxygens (including phenoxy) is 2. The molecule has 0 saturated carbocycles. The van der Waals surface area contributed by atoms with Crippen LogP contribution in [0.15, 0.2) is 42.5 Å². The van der Waals surface area contributed by atoms with Crippen molar-refractivity contribution in [1.29, 1.82) is 0 Å². The molecule has 0 radical (unpaired) electrons. The van der Waals surface area contributed by atoms with E-state index in [0.717, 1.165) is 5.56 Å². The molecule has 3 N–H and O–H groups in total. The Kier molecular flexibility index (Phi) is 5.68. The first-order valence-corrected chi connectivity index (χ1v) is 7.17. The van der Waals surface area contributed by atoms with Crippen molar-refractivity contribution < 1.29 is 19.4 Å². The summed E-state index contributed by atoms with van der Waals surface area (Å²) < 4.78 is 10.4. The lowest BCUT2D eigenvalue weighted by Crippen LogP contribution is -2.30. The van der Waals surface area contributed by atoms with E-state index in [1.54, 1.807) is 32.4 Å². The Morgan fingerprint density at radius 1 is 1.09 bits per heavy atom. The van der Waals surface area contributed by atoms with Crippen LogP contribution < -0.4 is 20.1 Å². The highest BCUT2D eigenvalue weighted by atomic mass is 16.5. The van der Waals surface area contributed by atoms with Crippen molar-refractivity contribution in [2.24, 2.45) is 0 Å². The van der Waals surface area contributed by atoms with Gasteiger partial charge in [-0.25, -0.2) is 4.79 Å². The molecular formula is C17H20N2O4. The van der Waals surface area contributed by atoms with Gasteiger partial charge in [0, 0.05) is 18.3 Å². The van der Waals surface area contributed by atoms with Crippen LogP contribution in [-0.4, -0.2) is 31.9 Å². The normalized spacial score (nSPS) is 10.0. The summed E-state index contributed by atoms with van der Waals surface area (Å²) in [6.45, 7) is 0.472. The summed E-state index contributed by atoms with van der Waals surface area (Å²) in [6.07, 6.45) is 0.661. The SMILES string of the molecule is COc1ccc(CCNC(=O)Nc2cccc(O)c2)cc1OC. The molecule has 0 bridgehead atoms. The molecule has 0 heterocycles. The standard InChI is InChI=1S/C17H20N2O4/c1-22-15-7-6-12(10-16(15)23-2)8-9-18-17(21)19-13-4-3-5-14(20)11-13/h3-7,10-11,20H,8-9H2,1-2H3,(H2,18,19,21). The number of carbonyl (C=O) groups is 1. The van der Waals surface area contributed by atoms with Gasteiger partial charge in [-0.2, -0.15) is 0 Å². The van der Waals surface area contributed by atoms with Crippen LogP contribution in [0, 0.1) is 0 Å². The Morgan fingerprint density at radius 3 is 2.57 bits per heavy atom. The van der Waals surface area contributed by atoms with Gasteiger partial charge < -0.3 is 25.2 Å². The summed E-state index contributed by atoms with van der Waals surface area (Å²) in [7, 11) is 3.17. The maximum absolute atomic E-state index is 11.8. The van der Waals surface area contributed by atoms with Gasteiger partial charge in [0.1, 0.15) is 5.75 Å². The maximum atomic E-state index is 11.8. The minimum Gasteiger partial charge on any atom is -0.508 e. The van der Waals surface area contributed by atoms with E-state index in [9.17, 15) is 9.90 Å². The number of hydrogen-bond donors (Lipinski definition) is 3. The number of aromatic hydroxyl groups is 1. The number of phenolic OH excluding ortho intramolecular Hbond substituents is 1. The van der Waals surface area contributed by atoms with Crippen molar-refractivity contribution in [2.75, 3.05) is 26.1 Å². The van der Waals surface area contributed by atoms with Crippen LogP contribution in [0.3, 0.4) is 0 Å². The van der Waals surface area contributed by atoms with Crippen LogP contribution in [-0.2, 0) is 6.42 Å². The Hall–Kier alpha value is -2.89. The highest BCUT2D eigenvalue weighted by Crippen LogP contribution is 2.27. The molecule has 0 atom stereocenters. The number of hydrogen-bond acceptors (Lipinski definition) is 4. The van der Waals surface area contributed by atoms with Crippen molar-refractivity contribution in [3.63, 3.8) is 0 Å². The fourth-order valence-corrected chi connectivity index (χ4v) is 2.12. The van der Waals surface area contributed by atoms with E-state index in [-0.39, 0.29) is 11.8 Å². The van der Waals surface area contributed by atoms with Gasteiger partial charge in [0.05, 0.1) is 14.2 Å². The average Bonchev–Trinajstić information content (AvgIpc) is 2.54. The molecule has 6 nitrogen and oxygen atoms in total. The van der Waals surface area contributed by atoms with Gasteiger partial charge in [-0.3, -0.25) is 0 Å². The predicted octanol–water partition coefficient (Wildman–Crippen LogP) is 2.77. The molecule has 0 saturated heterocycles. The summed E-state index contributed by atoms with van der Waals surface area (Å²) in [6, 6.07) is 11.7. The number of rotatable bonds is 6. The first-order valence-electron chi connectivity index (χ1n) is 7.17. The molecule has 0 aliphatic carbocycles. The van der Waals surface area contributed by atoms with E-state index in [4.69, 9.17) is 9.47 Å². The van der Waals surface area contributed by atoms with Crippen LogP contribution in [0.25, 0.3) is 0 Å². The van der Waals surface area contributed by atoms with Crippen LogP contribution in [0.1, 0.15) is 5.56 Å². The number of phenols is 1. The summed E-state index contributed by atoms with van der Waals surface area (Å²) >= 11 is 0. The molecular weight excluding hydrogens is 296 g/mol. The lowest BCUT2D eigenvalue weighted by Gasteiger charge is -2.10. The average molecular weight is 316 g/mol. The minimum absolute atomic E-state index is 0.105. The molecule has 0 unspecified atom stereocenters. The smallest absolute Gasteiger partial charge is 0.319 e. The lowest BCUT2D eigenvalue weighted by atomic mass is 10.1. The third-order valence-electron chi connectivity index (χ3n) is 3.25. The maximum Gasteiger partial charge on any atom is 0.319 e. The summed E-state index contributed by atoms with van der Waals surface area (Å²) in [4.78, 5) is 11.8. The Labute approximate surface area is 135 Å². The second-order valence-corrected chi connectivity index (χ2v) is 4.87. The zero-order valence-corrected chi connectivity index (χ0v) is 13.1. The van der Waals surface area contributed by atoms with E-state index in [1.165, 1.54) is 6.07 Å². The van der Waals surface area contributed by atoms with Crippen LogP contribution >= 0.6 is 0 Å². The molecule has 2 aromatic rings. The van der Waals surface area contributed by atoms with E-state index < -0.39 is 0 Å². The molecule has 0 aliphatic rings. The first kappa shape index (κ1) is 16.5. The molecule has 0 spiro atoms. The quantitative estimate of drug-likeness (QED) is 0.765. The number of urea groups is 1. The minimum atomic E-state index is -0.323. The van der Waals surface area contributed by atoms with Crippen molar-refractivity contribution >= 4 is 11.7 Å². The number of methoxy groups -OCH3 is 2. The molecule has 6 heteroatoms. The number of benzene rings is 2. The molecule has 2 amide bonds. The van der Waals surface area contributed by atoms with Gasteiger partial charge in [-0.1, -0.05) is 12.1 Å². The van der Waals surface area contributed by atoms with Gasteiger partial charge in [-0.05, 0) is 36.2 Å². The third-order valence-corrected chi connectivity index (χ3v) is 3.25. The topological polar surface area (TPSA) is 79.8 Å². The predicted molar refractivity (Wildman–Crippen MR) is 88.4 cm³/mol. The molecule has 23 heavy (non-hydrogen) atoms. The van der Waals surface area contributed by atoms with Gasteiger partial charge in [0.25, 0.3) is 0 Å². The summed E-state index contributed by atoms with van der Waals surface area (Å²) in [5, 5.41) is 14.8. The van der Waals surface area contributed by atoms with E-state index in [2.05, 4.69) is 10.6 Å². The molecule has 122 valence electrons. The second-order valence-electron chi connectivity index (χ2n) is 4.87. The lowest BCUT2D eigenvalue weighted by molar-refractivity contribution is 0.252. The fraction of sp³-hybridized carbons (Fsp3) is 0.235. The highest BCUT2D eigenvalue weighted by molar-refractivity contribution is 5.89. The Balaban J connectivity index is 1.83. The molecule has 0 fully saturated rings. The molecule has 0 aromatic heterocycles. The van der Waals surface area contributed by atoms with Gasteiger partial charge >= 0.3 is 6.03 Å². The van der Waals surface area contributed by atoms with Crippen molar-refractivity contribution in [3.8, 4) is 17.2 Å². The number of nitrogens with one attached hydrogen (secondary N) is 2. The van der Waals surface area contributed by atoms with Crippen LogP contribution in [0.2, 0.25) is 0 Å².